The summed E-state index contributed by atoms with van der Waals surface area (Å²) in [6.45, 7) is 7.91. The van der Waals surface area contributed by atoms with E-state index in [0.29, 0.717) is 25.0 Å². The predicted octanol–water partition coefficient (Wildman–Crippen LogP) is 0.266. The minimum atomic E-state index is -2.99. The van der Waals surface area contributed by atoms with E-state index < -0.39 is 10.0 Å². The van der Waals surface area contributed by atoms with Gasteiger partial charge in [-0.2, -0.15) is 4.31 Å². The van der Waals surface area contributed by atoms with Crippen LogP contribution >= 0.6 is 0 Å². The zero-order chi connectivity index (χ0) is 10.8. The molecule has 1 aliphatic heterocycles. The fourth-order valence-electron chi connectivity index (χ4n) is 1.63. The highest BCUT2D eigenvalue weighted by Gasteiger charge is 2.28. The summed E-state index contributed by atoms with van der Waals surface area (Å²) in [5, 5.41) is 3.34. The summed E-state index contributed by atoms with van der Waals surface area (Å²) in [5.41, 5.74) is 0. The zero-order valence-electron chi connectivity index (χ0n) is 9.16. The lowest BCUT2D eigenvalue weighted by molar-refractivity contribution is 0.256. The first-order valence-electron chi connectivity index (χ1n) is 5.18. The first-order chi connectivity index (χ1) is 6.47. The van der Waals surface area contributed by atoms with Crippen molar-refractivity contribution in [2.24, 2.45) is 5.92 Å². The number of piperazine rings is 1. The van der Waals surface area contributed by atoms with Gasteiger partial charge in [0.15, 0.2) is 0 Å². The molecule has 0 aromatic heterocycles. The second kappa shape index (κ2) is 4.59. The maximum atomic E-state index is 11.6. The van der Waals surface area contributed by atoms with Crippen LogP contribution in [0, 0.1) is 5.92 Å². The number of hydrogen-bond acceptors (Lipinski definition) is 3. The van der Waals surface area contributed by atoms with Gasteiger partial charge in [-0.1, -0.05) is 13.8 Å². The van der Waals surface area contributed by atoms with Crippen molar-refractivity contribution in [3.8, 4) is 0 Å². The van der Waals surface area contributed by atoms with Crippen molar-refractivity contribution < 1.29 is 8.42 Å². The first-order valence-corrected chi connectivity index (χ1v) is 6.79. The molecule has 0 spiro atoms. The molecule has 5 heteroatoms. The maximum Gasteiger partial charge on any atom is 0.213 e. The molecule has 0 amide bonds. The van der Waals surface area contributed by atoms with Crippen molar-refractivity contribution in [1.29, 1.82) is 0 Å². The molecular weight excluding hydrogens is 200 g/mol. The third-order valence-electron chi connectivity index (χ3n) is 2.73. The second-order valence-electron chi connectivity index (χ2n) is 4.06. The maximum absolute atomic E-state index is 11.6. The van der Waals surface area contributed by atoms with Gasteiger partial charge >= 0.3 is 0 Å². The third-order valence-corrected chi connectivity index (χ3v) is 4.58. The van der Waals surface area contributed by atoms with E-state index in [9.17, 15) is 8.42 Å². The molecule has 1 fully saturated rings. The Morgan fingerprint density at radius 2 is 2.14 bits per heavy atom. The molecule has 1 aliphatic rings. The summed E-state index contributed by atoms with van der Waals surface area (Å²) < 4.78 is 24.8. The highest BCUT2D eigenvalue weighted by molar-refractivity contribution is 7.89. The van der Waals surface area contributed by atoms with Gasteiger partial charge in [0.1, 0.15) is 0 Å². The van der Waals surface area contributed by atoms with Crippen molar-refractivity contribution >= 4 is 10.0 Å². The van der Waals surface area contributed by atoms with Crippen LogP contribution in [0.3, 0.4) is 0 Å². The summed E-state index contributed by atoms with van der Waals surface area (Å²) in [4.78, 5) is 0. The number of nitrogens with zero attached hydrogens (tertiary/aromatic N) is 1. The average molecular weight is 220 g/mol. The van der Waals surface area contributed by atoms with Crippen molar-refractivity contribution in [2.45, 2.75) is 26.8 Å². The summed E-state index contributed by atoms with van der Waals surface area (Å²) in [6.07, 6.45) is 0. The molecule has 1 N–H and O–H groups in total. The molecule has 84 valence electrons. The van der Waals surface area contributed by atoms with Crippen molar-refractivity contribution in [2.75, 3.05) is 25.4 Å². The molecule has 0 aromatic carbocycles. The van der Waals surface area contributed by atoms with Crippen LogP contribution in [0.15, 0.2) is 0 Å². The number of hydrogen-bond donors (Lipinski definition) is 1. The molecule has 1 atom stereocenters. The van der Waals surface area contributed by atoms with Crippen LogP contribution in [-0.4, -0.2) is 44.2 Å². The lowest BCUT2D eigenvalue weighted by Gasteiger charge is -2.34. The van der Waals surface area contributed by atoms with Gasteiger partial charge in [0.05, 0.1) is 5.75 Å². The van der Waals surface area contributed by atoms with Gasteiger partial charge in [0.25, 0.3) is 0 Å². The van der Waals surface area contributed by atoms with Gasteiger partial charge in [-0.3, -0.25) is 0 Å². The largest absolute Gasteiger partial charge is 0.311 e. The molecular formula is C9H20N2O2S. The van der Waals surface area contributed by atoms with E-state index in [1.807, 2.05) is 0 Å². The van der Waals surface area contributed by atoms with Gasteiger partial charge in [0, 0.05) is 25.7 Å². The molecule has 1 rings (SSSR count). The second-order valence-corrected chi connectivity index (χ2v) is 6.32. The van der Waals surface area contributed by atoms with Crippen LogP contribution in [0.4, 0.5) is 0 Å². The molecule has 0 saturated carbocycles. The van der Waals surface area contributed by atoms with Crippen LogP contribution in [0.1, 0.15) is 20.8 Å². The Hall–Kier alpha value is -0.130. The molecule has 4 nitrogen and oxygen atoms in total. The van der Waals surface area contributed by atoms with Gasteiger partial charge in [-0.05, 0) is 12.8 Å². The molecule has 1 heterocycles. The van der Waals surface area contributed by atoms with E-state index in [1.54, 1.807) is 11.2 Å². The van der Waals surface area contributed by atoms with E-state index in [1.165, 1.54) is 0 Å². The molecule has 0 aliphatic carbocycles. The normalized spacial score (nSPS) is 25.6. The Morgan fingerprint density at radius 1 is 1.50 bits per heavy atom. The summed E-state index contributed by atoms with van der Waals surface area (Å²) >= 11 is 0. The average Bonchev–Trinajstić information content (AvgIpc) is 2.18. The SMILES string of the molecule is CCS(=O)(=O)N1CCN[C@@H](C(C)C)C1. The standard InChI is InChI=1S/C9H20N2O2S/c1-4-14(12,13)11-6-5-10-9(7-11)8(2)3/h8-10H,4-7H2,1-3H3/t9-/m1/s1. The molecule has 14 heavy (non-hydrogen) atoms. The summed E-state index contributed by atoms with van der Waals surface area (Å²) in [5.74, 6) is 0.683. The van der Waals surface area contributed by atoms with Crippen molar-refractivity contribution in [3.63, 3.8) is 0 Å². The number of rotatable bonds is 3. The van der Waals surface area contributed by atoms with Crippen molar-refractivity contribution in [1.82, 2.24) is 9.62 Å². The Bertz CT molecular complexity index is 275. The van der Waals surface area contributed by atoms with E-state index in [-0.39, 0.29) is 5.75 Å². The topological polar surface area (TPSA) is 49.4 Å². The Morgan fingerprint density at radius 3 is 2.64 bits per heavy atom. The first kappa shape index (κ1) is 11.9. The lowest BCUT2D eigenvalue weighted by atomic mass is 10.0. The summed E-state index contributed by atoms with van der Waals surface area (Å²) in [7, 11) is -2.99. The van der Waals surface area contributed by atoms with Gasteiger partial charge in [0.2, 0.25) is 10.0 Å². The quantitative estimate of drug-likeness (QED) is 0.742. The van der Waals surface area contributed by atoms with Crippen LogP contribution < -0.4 is 5.32 Å². The van der Waals surface area contributed by atoms with E-state index in [0.717, 1.165) is 6.54 Å². The molecule has 0 aromatic rings. The third kappa shape index (κ3) is 2.68. The molecule has 0 unspecified atom stereocenters. The predicted molar refractivity (Wildman–Crippen MR) is 57.7 cm³/mol. The molecule has 1 saturated heterocycles. The fourth-order valence-corrected chi connectivity index (χ4v) is 2.75. The Kier molecular flexibility index (Phi) is 3.92. The zero-order valence-corrected chi connectivity index (χ0v) is 9.97. The number of sulfonamides is 1. The monoisotopic (exact) mass is 220 g/mol. The lowest BCUT2D eigenvalue weighted by Crippen LogP contribution is -2.54. The van der Waals surface area contributed by atoms with E-state index >= 15 is 0 Å². The highest BCUT2D eigenvalue weighted by Crippen LogP contribution is 2.11. The molecule has 0 radical (unpaired) electrons. The smallest absolute Gasteiger partial charge is 0.213 e. The Balaban J connectivity index is 2.65. The van der Waals surface area contributed by atoms with Gasteiger partial charge in [-0.25, -0.2) is 8.42 Å². The van der Waals surface area contributed by atoms with Crippen LogP contribution in [0.25, 0.3) is 0 Å². The van der Waals surface area contributed by atoms with Crippen LogP contribution in [0.2, 0.25) is 0 Å². The fraction of sp³-hybridized carbons (Fsp3) is 1.00. The Labute approximate surface area is 86.7 Å². The summed E-state index contributed by atoms with van der Waals surface area (Å²) in [6, 6.07) is 0.296. The minimum Gasteiger partial charge on any atom is -0.311 e. The minimum absolute atomic E-state index is 0.206. The van der Waals surface area contributed by atoms with Crippen LogP contribution in [0.5, 0.6) is 0 Å². The van der Waals surface area contributed by atoms with Crippen molar-refractivity contribution in [3.05, 3.63) is 0 Å². The highest BCUT2D eigenvalue weighted by atomic mass is 32.2. The molecule has 0 bridgehead atoms. The number of nitrogens with one attached hydrogen (secondary N) is 1. The van der Waals surface area contributed by atoms with Gasteiger partial charge < -0.3 is 5.32 Å². The van der Waals surface area contributed by atoms with Crippen LogP contribution in [-0.2, 0) is 10.0 Å². The van der Waals surface area contributed by atoms with E-state index in [4.69, 9.17) is 0 Å². The van der Waals surface area contributed by atoms with Gasteiger partial charge in [-0.15, -0.1) is 0 Å². The van der Waals surface area contributed by atoms with E-state index in [2.05, 4.69) is 19.2 Å².